The summed E-state index contributed by atoms with van der Waals surface area (Å²) in [7, 11) is 0.672. The van der Waals surface area contributed by atoms with Crippen molar-refractivity contribution in [3.8, 4) is 11.1 Å². The molecule has 3 aromatic rings. The van der Waals surface area contributed by atoms with Gasteiger partial charge in [0.25, 0.3) is 0 Å². The molecule has 0 saturated carbocycles. The van der Waals surface area contributed by atoms with Crippen LogP contribution in [0.2, 0.25) is 25.7 Å². The maximum atomic E-state index is 5.82. The molecule has 3 rings (SSSR count). The van der Waals surface area contributed by atoms with Gasteiger partial charge in [-0.3, -0.25) is 0 Å². The van der Waals surface area contributed by atoms with Gasteiger partial charge in [-0.05, 0) is 24.2 Å². The first-order chi connectivity index (χ1) is 12.9. The molecule has 0 N–H and O–H groups in total. The Morgan fingerprint density at radius 2 is 1.96 bits per heavy atom. The first-order valence-corrected chi connectivity index (χ1v) is 13.8. The summed E-state index contributed by atoms with van der Waals surface area (Å²) in [5.74, 6) is 0. The molecular weight excluding hydrogens is 422 g/mol. The molecule has 5 nitrogen and oxygen atoms in total. The molecule has 0 aliphatic rings. The van der Waals surface area contributed by atoms with E-state index in [0.717, 1.165) is 23.2 Å². The highest BCUT2D eigenvalue weighted by Crippen LogP contribution is 2.32. The lowest BCUT2D eigenvalue weighted by Crippen LogP contribution is -2.22. The number of fused-ring (bicyclic) bond motifs is 1. The molecule has 0 radical (unpaired) electrons. The molecule has 146 valence electrons. The number of methoxy groups -OCH3 is 1. The van der Waals surface area contributed by atoms with Gasteiger partial charge in [0.1, 0.15) is 6.73 Å². The largest absolute Gasteiger partial charge is 0.383 e. The van der Waals surface area contributed by atoms with Gasteiger partial charge >= 0.3 is 0 Å². The van der Waals surface area contributed by atoms with Crippen molar-refractivity contribution in [3.63, 3.8) is 0 Å². The maximum Gasteiger partial charge on any atom is 0.139 e. The van der Waals surface area contributed by atoms with Crippen LogP contribution in [0.1, 0.15) is 0 Å². The molecule has 2 aromatic heterocycles. The molecule has 1 aromatic carbocycles. The molecule has 0 unspecified atom stereocenters. The van der Waals surface area contributed by atoms with Crippen LogP contribution in [0.5, 0.6) is 0 Å². The van der Waals surface area contributed by atoms with Crippen LogP contribution in [0.4, 0.5) is 0 Å². The predicted molar refractivity (Wildman–Crippen MR) is 117 cm³/mol. The minimum Gasteiger partial charge on any atom is -0.383 e. The van der Waals surface area contributed by atoms with E-state index in [1.165, 1.54) is 22.5 Å². The zero-order chi connectivity index (χ0) is 19.4. The third kappa shape index (κ3) is 5.31. The van der Waals surface area contributed by atoms with E-state index in [1.807, 2.05) is 10.9 Å². The minimum atomic E-state index is -1.06. The van der Waals surface area contributed by atoms with Crippen molar-refractivity contribution >= 4 is 34.9 Å². The maximum absolute atomic E-state index is 5.82. The van der Waals surface area contributed by atoms with Crippen LogP contribution < -0.4 is 0 Å². The number of hydrogen-bond donors (Lipinski definition) is 0. The normalized spacial score (nSPS) is 12.2. The van der Waals surface area contributed by atoms with E-state index in [-0.39, 0.29) is 0 Å². The van der Waals surface area contributed by atoms with Gasteiger partial charge in [-0.25, -0.2) is 4.68 Å². The van der Waals surface area contributed by atoms with Gasteiger partial charge in [0.2, 0.25) is 0 Å². The zero-order valence-corrected chi connectivity index (χ0v) is 19.1. The third-order valence-electron chi connectivity index (χ3n) is 4.54. The van der Waals surface area contributed by atoms with Crippen molar-refractivity contribution in [2.45, 2.75) is 39.0 Å². The standard InChI is InChI=1S/C20H28BrN3O2Si/c1-25-8-7-23-14-19(18-11-17(21)5-6-20(18)23)16-12-22-24(13-16)15-26-9-10-27(2,3)4/h5-6,11-14H,7-10,15H2,1-4H3. The molecule has 0 fully saturated rings. The Bertz CT molecular complexity index is 898. The minimum absolute atomic E-state index is 0.497. The molecular formula is C20H28BrN3O2Si. The Hall–Kier alpha value is -1.41. The number of nitrogens with zero attached hydrogens (tertiary/aromatic N) is 3. The van der Waals surface area contributed by atoms with Crippen LogP contribution in [0, 0.1) is 0 Å². The number of benzene rings is 1. The number of halogens is 1. The summed E-state index contributed by atoms with van der Waals surface area (Å²) in [6.45, 7) is 9.89. The van der Waals surface area contributed by atoms with Crippen molar-refractivity contribution < 1.29 is 9.47 Å². The summed E-state index contributed by atoms with van der Waals surface area (Å²) >= 11 is 3.59. The van der Waals surface area contributed by atoms with E-state index >= 15 is 0 Å². The molecule has 0 bridgehead atoms. The molecule has 7 heteroatoms. The summed E-state index contributed by atoms with van der Waals surface area (Å²) in [5, 5.41) is 5.69. The second kappa shape index (κ2) is 8.73. The second-order valence-electron chi connectivity index (χ2n) is 8.01. The van der Waals surface area contributed by atoms with Crippen LogP contribution in [-0.2, 0) is 22.7 Å². The fraction of sp³-hybridized carbons (Fsp3) is 0.450. The smallest absolute Gasteiger partial charge is 0.139 e. The first kappa shape index (κ1) is 20.3. The first-order valence-electron chi connectivity index (χ1n) is 9.25. The number of ether oxygens (including phenoxy) is 2. The van der Waals surface area contributed by atoms with Crippen molar-refractivity contribution in [1.82, 2.24) is 14.3 Å². The van der Waals surface area contributed by atoms with Gasteiger partial charge in [0, 0.05) is 67.2 Å². The average Bonchev–Trinajstić information content (AvgIpc) is 3.20. The molecule has 0 aliphatic heterocycles. The third-order valence-corrected chi connectivity index (χ3v) is 6.74. The van der Waals surface area contributed by atoms with Crippen molar-refractivity contribution in [2.24, 2.45) is 0 Å². The van der Waals surface area contributed by atoms with Crippen LogP contribution >= 0.6 is 15.9 Å². The second-order valence-corrected chi connectivity index (χ2v) is 14.5. The van der Waals surface area contributed by atoms with E-state index in [2.05, 4.69) is 75.8 Å². The van der Waals surface area contributed by atoms with Gasteiger partial charge in [0.15, 0.2) is 0 Å². The van der Waals surface area contributed by atoms with Crippen molar-refractivity contribution in [2.75, 3.05) is 20.3 Å². The van der Waals surface area contributed by atoms with E-state index in [0.29, 0.717) is 13.3 Å². The topological polar surface area (TPSA) is 41.2 Å². The van der Waals surface area contributed by atoms with Gasteiger partial charge in [-0.15, -0.1) is 0 Å². The summed E-state index contributed by atoms with van der Waals surface area (Å²) in [5.41, 5.74) is 3.48. The molecule has 0 atom stereocenters. The van der Waals surface area contributed by atoms with E-state index in [9.17, 15) is 0 Å². The Kier molecular flexibility index (Phi) is 6.57. The van der Waals surface area contributed by atoms with Crippen molar-refractivity contribution in [3.05, 3.63) is 41.3 Å². The Balaban J connectivity index is 1.79. The van der Waals surface area contributed by atoms with Gasteiger partial charge in [-0.1, -0.05) is 35.6 Å². The Labute approximate surface area is 170 Å². The molecule has 2 heterocycles. The molecule has 0 amide bonds. The monoisotopic (exact) mass is 449 g/mol. The van der Waals surface area contributed by atoms with Gasteiger partial charge < -0.3 is 14.0 Å². The average molecular weight is 450 g/mol. The molecule has 0 aliphatic carbocycles. The SMILES string of the molecule is COCCn1cc(-c2cnn(COCC[Si](C)(C)C)c2)c2cc(Br)ccc21. The van der Waals surface area contributed by atoms with E-state index in [4.69, 9.17) is 9.47 Å². The molecule has 0 saturated heterocycles. The summed E-state index contributed by atoms with van der Waals surface area (Å²) in [6.07, 6.45) is 6.16. The Morgan fingerprint density at radius 3 is 2.70 bits per heavy atom. The highest BCUT2D eigenvalue weighted by Gasteiger charge is 2.14. The van der Waals surface area contributed by atoms with Gasteiger partial charge in [-0.2, -0.15) is 5.10 Å². The number of hydrogen-bond acceptors (Lipinski definition) is 3. The lowest BCUT2D eigenvalue weighted by atomic mass is 10.1. The highest BCUT2D eigenvalue weighted by molar-refractivity contribution is 9.10. The highest BCUT2D eigenvalue weighted by atomic mass is 79.9. The predicted octanol–water partition coefficient (Wildman–Crippen LogP) is 5.23. The summed E-state index contributed by atoms with van der Waals surface area (Å²) in [4.78, 5) is 0. The summed E-state index contributed by atoms with van der Waals surface area (Å²) in [6, 6.07) is 7.55. The van der Waals surface area contributed by atoms with Crippen LogP contribution in [0.15, 0.2) is 41.3 Å². The van der Waals surface area contributed by atoms with E-state index in [1.54, 1.807) is 7.11 Å². The fourth-order valence-corrected chi connectivity index (χ4v) is 4.10. The van der Waals surface area contributed by atoms with Crippen LogP contribution in [0.25, 0.3) is 22.0 Å². The lowest BCUT2D eigenvalue weighted by Gasteiger charge is -2.15. The molecule has 27 heavy (non-hydrogen) atoms. The molecule has 0 spiro atoms. The van der Waals surface area contributed by atoms with Crippen LogP contribution in [-0.4, -0.2) is 42.7 Å². The van der Waals surface area contributed by atoms with Crippen LogP contribution in [0.3, 0.4) is 0 Å². The lowest BCUT2D eigenvalue weighted by molar-refractivity contribution is 0.0786. The fourth-order valence-electron chi connectivity index (χ4n) is 2.98. The Morgan fingerprint density at radius 1 is 1.15 bits per heavy atom. The number of rotatable bonds is 9. The zero-order valence-electron chi connectivity index (χ0n) is 16.5. The number of aromatic nitrogens is 3. The van der Waals surface area contributed by atoms with E-state index < -0.39 is 8.07 Å². The van der Waals surface area contributed by atoms with Gasteiger partial charge in [0.05, 0.1) is 12.8 Å². The van der Waals surface area contributed by atoms with Crippen molar-refractivity contribution in [1.29, 1.82) is 0 Å². The quantitative estimate of drug-likeness (QED) is 0.331. The summed E-state index contributed by atoms with van der Waals surface area (Å²) < 4.78 is 16.3.